The molecule has 0 saturated carbocycles. The van der Waals surface area contributed by atoms with Gasteiger partial charge in [-0.3, -0.25) is 0 Å². The van der Waals surface area contributed by atoms with Gasteiger partial charge in [0.1, 0.15) is 0 Å². The molecule has 0 atom stereocenters. The molecule has 0 saturated heterocycles. The molecular weight excluding hydrogens is 83.0 g/mol. The molecule has 1 N–H and O–H groups in total. The highest BCUT2D eigenvalue weighted by molar-refractivity contribution is 7.27. The van der Waals surface area contributed by atoms with Crippen molar-refractivity contribution in [3.63, 3.8) is 0 Å². The summed E-state index contributed by atoms with van der Waals surface area (Å²) in [6.45, 7) is 1.07. The molecular formula is C2H5N2P. The van der Waals surface area contributed by atoms with Crippen LogP contribution in [-0.2, 0) is 0 Å². The summed E-state index contributed by atoms with van der Waals surface area (Å²) in [7, 11) is 1.21. The summed E-state index contributed by atoms with van der Waals surface area (Å²) < 4.78 is 0. The lowest BCUT2D eigenvalue weighted by Crippen LogP contribution is -1.99. The molecule has 0 aromatic carbocycles. The third-order valence-electron chi connectivity index (χ3n) is 0.465. The summed E-state index contributed by atoms with van der Waals surface area (Å²) >= 11 is 0. The maximum absolute atomic E-state index is 3.81. The van der Waals surface area contributed by atoms with E-state index in [0.717, 1.165) is 6.54 Å². The fraction of sp³-hybridized carbons (Fsp3) is 1.00. The second-order valence-electron chi connectivity index (χ2n) is 0.873. The van der Waals surface area contributed by atoms with Gasteiger partial charge in [0.25, 0.3) is 0 Å². The lowest BCUT2D eigenvalue weighted by molar-refractivity contribution is 0.832. The summed E-state index contributed by atoms with van der Waals surface area (Å²) in [4.78, 5) is 3.81. The smallest absolute Gasteiger partial charge is 0.0267 e. The molecule has 0 fully saturated rings. The van der Waals surface area contributed by atoms with Gasteiger partial charge in [0, 0.05) is 21.1 Å². The van der Waals surface area contributed by atoms with Crippen LogP contribution in [0.4, 0.5) is 0 Å². The molecule has 3 heteroatoms. The third kappa shape index (κ3) is 0.673. The van der Waals surface area contributed by atoms with Gasteiger partial charge in [-0.25, -0.2) is 5.43 Å². The summed E-state index contributed by atoms with van der Waals surface area (Å²) in [5.74, 6) is 0. The first-order chi connectivity index (χ1) is 2.50. The molecule has 28 valence electrons. The lowest BCUT2D eigenvalue weighted by atomic mass is 10.8. The van der Waals surface area contributed by atoms with Crippen molar-refractivity contribution in [2.24, 2.45) is 4.85 Å². The summed E-state index contributed by atoms with van der Waals surface area (Å²) in [6, 6.07) is 0. The molecule has 1 heterocycles. The average Bonchev–Trinajstić information content (AvgIpc) is 1.76. The van der Waals surface area contributed by atoms with Crippen molar-refractivity contribution < 1.29 is 0 Å². The van der Waals surface area contributed by atoms with E-state index in [-0.39, 0.29) is 0 Å². The van der Waals surface area contributed by atoms with E-state index < -0.39 is 0 Å². The van der Waals surface area contributed by atoms with Gasteiger partial charge in [0.2, 0.25) is 0 Å². The van der Waals surface area contributed by atoms with Crippen LogP contribution in [0.5, 0.6) is 0 Å². The minimum absolute atomic E-state index is 1.07. The number of nitrogens with zero attached hydrogens (tertiary/aromatic N) is 1. The quantitative estimate of drug-likeness (QED) is 0.431. The molecule has 0 unspecified atom stereocenters. The van der Waals surface area contributed by atoms with Crippen LogP contribution in [0.3, 0.4) is 0 Å². The van der Waals surface area contributed by atoms with Crippen molar-refractivity contribution in [1.82, 2.24) is 5.43 Å². The van der Waals surface area contributed by atoms with Crippen molar-refractivity contribution in [2.45, 2.75) is 0 Å². The summed E-state index contributed by atoms with van der Waals surface area (Å²) in [6.07, 6.45) is 1.19. The van der Waals surface area contributed by atoms with Gasteiger partial charge in [-0.15, -0.1) is 0 Å². The highest BCUT2D eigenvalue weighted by Gasteiger charge is 1.85. The second-order valence-corrected chi connectivity index (χ2v) is 1.80. The van der Waals surface area contributed by atoms with Crippen LogP contribution < -0.4 is 5.43 Å². The van der Waals surface area contributed by atoms with Crippen LogP contribution in [0.2, 0.25) is 0 Å². The maximum atomic E-state index is 3.81. The predicted molar refractivity (Wildman–Crippen MR) is 22.2 cm³/mol. The second kappa shape index (κ2) is 1.48. The molecule has 0 amide bonds. The molecule has 1 rings (SSSR count). The minimum atomic E-state index is 1.07. The largest absolute Gasteiger partial charge is 0.210 e. The molecule has 0 aliphatic carbocycles. The molecule has 0 aromatic heterocycles. The Kier molecular flexibility index (Phi) is 0.967. The first-order valence-electron chi connectivity index (χ1n) is 1.59. The van der Waals surface area contributed by atoms with Crippen LogP contribution >= 0.6 is 8.37 Å². The molecule has 0 spiro atoms. The van der Waals surface area contributed by atoms with E-state index in [4.69, 9.17) is 0 Å². The zero-order chi connectivity index (χ0) is 3.54. The van der Waals surface area contributed by atoms with Crippen LogP contribution in [0, 0.1) is 0 Å². The predicted octanol–water partition coefficient (Wildman–Crippen LogP) is 0.634. The monoisotopic (exact) mass is 88.0 g/mol. The molecule has 1 aliphatic rings. The molecule has 1 aliphatic heterocycles. The minimum Gasteiger partial charge on any atom is -0.210 e. The SMILES string of the molecule is C1CP=NN1. The topological polar surface area (TPSA) is 24.4 Å². The molecule has 5 heavy (non-hydrogen) atoms. The number of hydrogen-bond acceptors (Lipinski definition) is 2. The highest BCUT2D eigenvalue weighted by atomic mass is 31.1. The molecule has 0 aromatic rings. The number of rotatable bonds is 0. The van der Waals surface area contributed by atoms with E-state index in [9.17, 15) is 0 Å². The Morgan fingerprint density at radius 1 is 1.80 bits per heavy atom. The van der Waals surface area contributed by atoms with Crippen LogP contribution in [0.25, 0.3) is 0 Å². The van der Waals surface area contributed by atoms with E-state index in [2.05, 4.69) is 10.3 Å². The van der Waals surface area contributed by atoms with Gasteiger partial charge in [-0.05, 0) is 0 Å². The number of nitrogens with one attached hydrogen (secondary N) is 1. The Labute approximate surface area is 32.4 Å². The Morgan fingerprint density at radius 3 is 3.00 bits per heavy atom. The van der Waals surface area contributed by atoms with Gasteiger partial charge in [-0.1, -0.05) is 0 Å². The van der Waals surface area contributed by atoms with E-state index >= 15 is 0 Å². The number of hydrogen-bond donors (Lipinski definition) is 1. The Bertz CT molecular complexity index is 45.6. The summed E-state index contributed by atoms with van der Waals surface area (Å²) in [5, 5.41) is 0. The fourth-order valence-electron chi connectivity index (χ4n) is 0.250. The Hall–Kier alpha value is 0.0600. The van der Waals surface area contributed by atoms with Gasteiger partial charge in [0.05, 0.1) is 0 Å². The molecule has 0 radical (unpaired) electrons. The Morgan fingerprint density at radius 2 is 2.80 bits per heavy atom. The molecule has 0 bridgehead atoms. The fourth-order valence-corrected chi connectivity index (χ4v) is 0.750. The van der Waals surface area contributed by atoms with Crippen molar-refractivity contribution in [2.75, 3.05) is 12.7 Å². The van der Waals surface area contributed by atoms with Gasteiger partial charge in [0.15, 0.2) is 0 Å². The maximum Gasteiger partial charge on any atom is 0.0267 e. The van der Waals surface area contributed by atoms with Gasteiger partial charge >= 0.3 is 0 Å². The van der Waals surface area contributed by atoms with Crippen molar-refractivity contribution in [3.05, 3.63) is 0 Å². The van der Waals surface area contributed by atoms with E-state index in [0.29, 0.717) is 0 Å². The Balaban J connectivity index is 2.32. The highest BCUT2D eigenvalue weighted by Crippen LogP contribution is 1.99. The van der Waals surface area contributed by atoms with Gasteiger partial charge in [-0.2, -0.15) is 4.85 Å². The van der Waals surface area contributed by atoms with Gasteiger partial charge < -0.3 is 0 Å². The van der Waals surface area contributed by atoms with E-state index in [1.54, 1.807) is 0 Å². The average molecular weight is 88.0 g/mol. The normalized spacial score (nSPS) is 24.0. The first kappa shape index (κ1) is 3.26. The van der Waals surface area contributed by atoms with E-state index in [1.165, 1.54) is 14.5 Å². The van der Waals surface area contributed by atoms with Crippen molar-refractivity contribution in [3.8, 4) is 0 Å². The van der Waals surface area contributed by atoms with Crippen molar-refractivity contribution >= 4 is 8.37 Å². The van der Waals surface area contributed by atoms with E-state index in [1.807, 2.05) is 0 Å². The van der Waals surface area contributed by atoms with Crippen LogP contribution in [-0.4, -0.2) is 12.7 Å². The zero-order valence-electron chi connectivity index (χ0n) is 2.81. The first-order valence-corrected chi connectivity index (χ1v) is 2.63. The van der Waals surface area contributed by atoms with Crippen molar-refractivity contribution in [1.29, 1.82) is 0 Å². The third-order valence-corrected chi connectivity index (χ3v) is 1.17. The van der Waals surface area contributed by atoms with Crippen LogP contribution in [0.1, 0.15) is 0 Å². The summed E-state index contributed by atoms with van der Waals surface area (Å²) in [5.41, 5.74) is 2.83. The zero-order valence-corrected chi connectivity index (χ0v) is 3.70. The van der Waals surface area contributed by atoms with Crippen LogP contribution in [0.15, 0.2) is 4.85 Å². The molecule has 2 nitrogen and oxygen atoms in total. The standard InChI is InChI=1S/C2H5N2P/c1-2-5-4-3-1/h3H,1-2H2. The lowest BCUT2D eigenvalue weighted by Gasteiger charge is -1.72.